The van der Waals surface area contributed by atoms with E-state index >= 15 is 0 Å². The van der Waals surface area contributed by atoms with E-state index in [4.69, 9.17) is 21.8 Å². The SMILES string of the molecule is Cc1cc(C(=N)F)c(N)c(S(=O)(=O)Cl)c1. The van der Waals surface area contributed by atoms with Crippen molar-refractivity contribution in [3.8, 4) is 0 Å². The van der Waals surface area contributed by atoms with Gasteiger partial charge in [0, 0.05) is 10.7 Å². The highest BCUT2D eigenvalue weighted by molar-refractivity contribution is 8.13. The third-order valence-corrected chi connectivity index (χ3v) is 3.15. The lowest BCUT2D eigenvalue weighted by atomic mass is 10.1. The van der Waals surface area contributed by atoms with Crippen molar-refractivity contribution in [1.29, 1.82) is 5.41 Å². The van der Waals surface area contributed by atoms with Gasteiger partial charge in [-0.1, -0.05) is 0 Å². The van der Waals surface area contributed by atoms with Crippen LogP contribution in [-0.2, 0) is 9.05 Å². The first kappa shape index (κ1) is 11.9. The van der Waals surface area contributed by atoms with Crippen molar-refractivity contribution < 1.29 is 12.8 Å². The number of benzene rings is 1. The summed E-state index contributed by atoms with van der Waals surface area (Å²) in [5.41, 5.74) is 5.24. The Kier molecular flexibility index (Phi) is 3.01. The standard InChI is InChI=1S/C8H8ClFN2O2S/c1-4-2-5(8(10)12)7(11)6(3-4)15(9,13)14/h2-3,12H,11H2,1H3. The predicted octanol–water partition coefficient (Wildman–Crippen LogP) is 1.80. The van der Waals surface area contributed by atoms with Crippen molar-refractivity contribution in [2.24, 2.45) is 0 Å². The molecule has 0 aliphatic rings. The molecule has 0 saturated carbocycles. The molecule has 0 fully saturated rings. The quantitative estimate of drug-likeness (QED) is 0.477. The molecular formula is C8H8ClFN2O2S. The van der Waals surface area contributed by atoms with Crippen LogP contribution in [0.2, 0.25) is 0 Å². The number of nitrogens with two attached hydrogens (primary N) is 1. The largest absolute Gasteiger partial charge is 0.397 e. The summed E-state index contributed by atoms with van der Waals surface area (Å²) in [5.74, 6) is -1.29. The molecule has 82 valence electrons. The van der Waals surface area contributed by atoms with Gasteiger partial charge in [0.1, 0.15) is 4.90 Å². The van der Waals surface area contributed by atoms with Gasteiger partial charge < -0.3 is 5.73 Å². The molecule has 3 N–H and O–H groups in total. The van der Waals surface area contributed by atoms with E-state index in [0.29, 0.717) is 5.56 Å². The van der Waals surface area contributed by atoms with Crippen LogP contribution >= 0.6 is 10.7 Å². The molecule has 0 aliphatic carbocycles. The van der Waals surface area contributed by atoms with E-state index < -0.39 is 15.0 Å². The van der Waals surface area contributed by atoms with Crippen LogP contribution in [0, 0.1) is 12.3 Å². The van der Waals surface area contributed by atoms with E-state index in [-0.39, 0.29) is 16.1 Å². The number of rotatable bonds is 2. The molecule has 0 heterocycles. The van der Waals surface area contributed by atoms with Crippen LogP contribution in [0.15, 0.2) is 17.0 Å². The molecule has 7 heteroatoms. The number of anilines is 1. The second-order valence-corrected chi connectivity index (χ2v) is 5.51. The minimum absolute atomic E-state index is 0.269. The molecule has 0 amide bonds. The molecule has 1 aromatic rings. The lowest BCUT2D eigenvalue weighted by Gasteiger charge is -2.07. The Bertz CT molecular complexity index is 528. The minimum Gasteiger partial charge on any atom is -0.397 e. The van der Waals surface area contributed by atoms with Gasteiger partial charge in [-0.05, 0) is 24.6 Å². The highest BCUT2D eigenvalue weighted by Crippen LogP contribution is 2.27. The third kappa shape index (κ3) is 2.45. The van der Waals surface area contributed by atoms with Crippen molar-refractivity contribution in [2.75, 3.05) is 5.73 Å². The summed E-state index contributed by atoms with van der Waals surface area (Å²) in [5, 5.41) is 6.79. The second kappa shape index (κ2) is 3.79. The van der Waals surface area contributed by atoms with Crippen LogP contribution in [0.1, 0.15) is 11.1 Å². The summed E-state index contributed by atoms with van der Waals surface area (Å²) in [7, 11) is 1.08. The van der Waals surface area contributed by atoms with Gasteiger partial charge >= 0.3 is 0 Å². The molecule has 0 saturated heterocycles. The average Bonchev–Trinajstić information content (AvgIpc) is 2.06. The third-order valence-electron chi connectivity index (χ3n) is 1.79. The van der Waals surface area contributed by atoms with Crippen LogP contribution in [-0.4, -0.2) is 14.4 Å². The molecule has 0 atom stereocenters. The summed E-state index contributed by atoms with van der Waals surface area (Å²) < 4.78 is 34.9. The smallest absolute Gasteiger partial charge is 0.263 e. The van der Waals surface area contributed by atoms with Crippen molar-refractivity contribution in [3.05, 3.63) is 23.3 Å². The number of nitrogens with one attached hydrogen (secondary N) is 1. The fraction of sp³-hybridized carbons (Fsp3) is 0.125. The molecule has 0 aromatic heterocycles. The summed E-state index contributed by atoms with van der Waals surface area (Å²) in [4.78, 5) is -0.374. The van der Waals surface area contributed by atoms with Gasteiger partial charge in [0.15, 0.2) is 0 Å². The fourth-order valence-corrected chi connectivity index (χ4v) is 2.23. The maximum Gasteiger partial charge on any atom is 0.263 e. The Morgan fingerprint density at radius 3 is 2.47 bits per heavy atom. The normalized spacial score (nSPS) is 11.4. The molecule has 1 aromatic carbocycles. The van der Waals surface area contributed by atoms with E-state index in [1.54, 1.807) is 6.92 Å². The first-order valence-corrected chi connectivity index (χ1v) is 6.13. The van der Waals surface area contributed by atoms with Crippen LogP contribution < -0.4 is 5.73 Å². The molecule has 0 radical (unpaired) electrons. The Labute approximate surface area is 90.8 Å². The minimum atomic E-state index is -4.03. The van der Waals surface area contributed by atoms with Gasteiger partial charge in [0.25, 0.3) is 9.05 Å². The molecule has 0 aliphatic heterocycles. The lowest BCUT2D eigenvalue weighted by molar-refractivity contribution is 0.610. The average molecular weight is 251 g/mol. The number of nitrogen functional groups attached to an aromatic ring is 1. The van der Waals surface area contributed by atoms with E-state index in [1.165, 1.54) is 12.1 Å². The van der Waals surface area contributed by atoms with Crippen LogP contribution in [0.3, 0.4) is 0 Å². The Balaban J connectivity index is 3.63. The molecule has 4 nitrogen and oxygen atoms in total. The molecule has 1 rings (SSSR count). The maximum atomic E-state index is 12.7. The highest BCUT2D eigenvalue weighted by atomic mass is 35.7. The van der Waals surface area contributed by atoms with Crippen molar-refractivity contribution >= 4 is 31.4 Å². The summed E-state index contributed by atoms with van der Waals surface area (Å²) in [6.45, 7) is 1.55. The molecule has 0 unspecified atom stereocenters. The van der Waals surface area contributed by atoms with Gasteiger partial charge in [0.2, 0.25) is 5.97 Å². The molecular weight excluding hydrogens is 243 g/mol. The van der Waals surface area contributed by atoms with E-state index in [2.05, 4.69) is 0 Å². The molecule has 15 heavy (non-hydrogen) atoms. The summed E-state index contributed by atoms with van der Waals surface area (Å²) in [6, 6.07) is 2.51. The zero-order valence-electron chi connectivity index (χ0n) is 7.71. The highest BCUT2D eigenvalue weighted by Gasteiger charge is 2.19. The van der Waals surface area contributed by atoms with E-state index in [1.807, 2.05) is 0 Å². The van der Waals surface area contributed by atoms with Gasteiger partial charge in [0.05, 0.1) is 11.3 Å². The zero-order valence-corrected chi connectivity index (χ0v) is 9.29. The summed E-state index contributed by atoms with van der Waals surface area (Å²) >= 11 is 0. The zero-order chi connectivity index (χ0) is 11.8. The van der Waals surface area contributed by atoms with Crippen LogP contribution in [0.5, 0.6) is 0 Å². The van der Waals surface area contributed by atoms with Crippen LogP contribution in [0.4, 0.5) is 10.1 Å². The monoisotopic (exact) mass is 250 g/mol. The number of hydrogen-bond acceptors (Lipinski definition) is 4. The van der Waals surface area contributed by atoms with Crippen molar-refractivity contribution in [2.45, 2.75) is 11.8 Å². The van der Waals surface area contributed by atoms with Crippen LogP contribution in [0.25, 0.3) is 0 Å². The fourth-order valence-electron chi connectivity index (χ4n) is 1.15. The first-order valence-electron chi connectivity index (χ1n) is 3.82. The predicted molar refractivity (Wildman–Crippen MR) is 56.6 cm³/mol. The lowest BCUT2D eigenvalue weighted by Crippen LogP contribution is -2.05. The van der Waals surface area contributed by atoms with Gasteiger partial charge in [-0.25, -0.2) is 8.42 Å². The Hall–Kier alpha value is -1.14. The Morgan fingerprint density at radius 1 is 1.53 bits per heavy atom. The summed E-state index contributed by atoms with van der Waals surface area (Å²) in [6.07, 6.45) is 0. The van der Waals surface area contributed by atoms with Crippen molar-refractivity contribution in [3.63, 3.8) is 0 Å². The Morgan fingerprint density at radius 2 is 2.07 bits per heavy atom. The van der Waals surface area contributed by atoms with Gasteiger partial charge in [-0.3, -0.25) is 5.41 Å². The van der Waals surface area contributed by atoms with Gasteiger partial charge in [-0.2, -0.15) is 4.39 Å². The number of hydrogen-bond donors (Lipinski definition) is 2. The van der Waals surface area contributed by atoms with E-state index in [0.717, 1.165) is 0 Å². The number of halogens is 2. The van der Waals surface area contributed by atoms with Gasteiger partial charge in [-0.15, -0.1) is 0 Å². The molecule has 0 bridgehead atoms. The topological polar surface area (TPSA) is 84.0 Å². The molecule has 0 spiro atoms. The number of aryl methyl sites for hydroxylation is 1. The second-order valence-electron chi connectivity index (χ2n) is 2.98. The first-order chi connectivity index (χ1) is 6.73. The maximum absolute atomic E-state index is 12.7. The van der Waals surface area contributed by atoms with Crippen molar-refractivity contribution in [1.82, 2.24) is 0 Å². The van der Waals surface area contributed by atoms with E-state index in [9.17, 15) is 12.8 Å².